The zero-order valence-electron chi connectivity index (χ0n) is 9.74. The van der Waals surface area contributed by atoms with Gasteiger partial charge in [-0.05, 0) is 30.5 Å². The van der Waals surface area contributed by atoms with Crippen molar-refractivity contribution < 1.29 is 9.47 Å². The highest BCUT2D eigenvalue weighted by Gasteiger charge is 2.14. The Kier molecular flexibility index (Phi) is 4.19. The summed E-state index contributed by atoms with van der Waals surface area (Å²) in [5, 5.41) is 3.39. The Morgan fingerprint density at radius 2 is 2.19 bits per heavy atom. The first-order valence-electron chi connectivity index (χ1n) is 5.82. The third-order valence-electron chi connectivity index (χ3n) is 2.82. The van der Waals surface area contributed by atoms with Gasteiger partial charge in [0.25, 0.3) is 0 Å². The van der Waals surface area contributed by atoms with Crippen LogP contribution in [-0.4, -0.2) is 26.4 Å². The Balaban J connectivity index is 1.80. The van der Waals surface area contributed by atoms with Crippen molar-refractivity contribution in [2.45, 2.75) is 25.6 Å². The average Bonchev–Trinajstić information content (AvgIpc) is 2.82. The summed E-state index contributed by atoms with van der Waals surface area (Å²) in [4.78, 5) is 0. The second-order valence-corrected chi connectivity index (χ2v) is 4.15. The topological polar surface area (TPSA) is 30.5 Å². The molecule has 1 saturated heterocycles. The predicted molar refractivity (Wildman–Crippen MR) is 64.6 cm³/mol. The minimum absolute atomic E-state index is 0.388. The zero-order chi connectivity index (χ0) is 11.2. The molecule has 1 N–H and O–H groups in total. The van der Waals surface area contributed by atoms with Gasteiger partial charge in [-0.15, -0.1) is 0 Å². The summed E-state index contributed by atoms with van der Waals surface area (Å²) < 4.78 is 10.6. The Bertz CT molecular complexity index is 304. The normalized spacial score (nSPS) is 19.9. The molecule has 0 aromatic heterocycles. The standard InChI is InChI=1S/C13H19NO2/c1-15-10-11-4-6-12(7-5-11)14-9-13-3-2-8-16-13/h4-7,13-14H,2-3,8-10H2,1H3. The van der Waals surface area contributed by atoms with E-state index in [2.05, 4.69) is 29.6 Å². The number of methoxy groups -OCH3 is 1. The van der Waals surface area contributed by atoms with Gasteiger partial charge in [-0.25, -0.2) is 0 Å². The maximum absolute atomic E-state index is 5.55. The van der Waals surface area contributed by atoms with E-state index in [0.29, 0.717) is 12.7 Å². The summed E-state index contributed by atoms with van der Waals surface area (Å²) in [6.45, 7) is 2.49. The van der Waals surface area contributed by atoms with Crippen LogP contribution in [0.4, 0.5) is 5.69 Å². The van der Waals surface area contributed by atoms with E-state index in [1.807, 2.05) is 0 Å². The molecule has 0 aliphatic carbocycles. The fraction of sp³-hybridized carbons (Fsp3) is 0.538. The van der Waals surface area contributed by atoms with Crippen LogP contribution >= 0.6 is 0 Å². The Hall–Kier alpha value is -1.06. The molecule has 3 heteroatoms. The van der Waals surface area contributed by atoms with E-state index in [0.717, 1.165) is 18.8 Å². The van der Waals surface area contributed by atoms with E-state index in [9.17, 15) is 0 Å². The van der Waals surface area contributed by atoms with E-state index < -0.39 is 0 Å². The van der Waals surface area contributed by atoms with Crippen LogP contribution in [0.25, 0.3) is 0 Å². The van der Waals surface area contributed by atoms with Crippen molar-refractivity contribution in [2.75, 3.05) is 25.6 Å². The molecule has 3 nitrogen and oxygen atoms in total. The molecule has 1 atom stereocenters. The summed E-state index contributed by atoms with van der Waals surface area (Å²) in [5.74, 6) is 0. The summed E-state index contributed by atoms with van der Waals surface area (Å²) in [5.41, 5.74) is 2.35. The third-order valence-corrected chi connectivity index (χ3v) is 2.82. The van der Waals surface area contributed by atoms with Crippen molar-refractivity contribution in [3.05, 3.63) is 29.8 Å². The lowest BCUT2D eigenvalue weighted by atomic mass is 10.2. The molecule has 1 aliphatic rings. The lowest BCUT2D eigenvalue weighted by Crippen LogP contribution is -2.18. The largest absolute Gasteiger partial charge is 0.382 e. The first-order chi connectivity index (χ1) is 7.88. The molecule has 1 heterocycles. The van der Waals surface area contributed by atoms with Gasteiger partial charge in [0.2, 0.25) is 0 Å². The number of nitrogens with one attached hydrogen (secondary N) is 1. The molecule has 1 aliphatic heterocycles. The fourth-order valence-corrected chi connectivity index (χ4v) is 1.92. The lowest BCUT2D eigenvalue weighted by Gasteiger charge is -2.12. The van der Waals surface area contributed by atoms with Gasteiger partial charge in [-0.2, -0.15) is 0 Å². The number of hydrogen-bond acceptors (Lipinski definition) is 3. The van der Waals surface area contributed by atoms with Gasteiger partial charge in [0.1, 0.15) is 0 Å². The number of rotatable bonds is 5. The van der Waals surface area contributed by atoms with E-state index >= 15 is 0 Å². The smallest absolute Gasteiger partial charge is 0.0748 e. The maximum atomic E-state index is 5.55. The molecule has 88 valence electrons. The van der Waals surface area contributed by atoms with Crippen molar-refractivity contribution in [1.82, 2.24) is 0 Å². The minimum Gasteiger partial charge on any atom is -0.382 e. The number of anilines is 1. The van der Waals surface area contributed by atoms with E-state index in [1.165, 1.54) is 18.4 Å². The van der Waals surface area contributed by atoms with Crippen LogP contribution < -0.4 is 5.32 Å². The molecule has 1 aromatic carbocycles. The van der Waals surface area contributed by atoms with Gasteiger partial charge in [0.15, 0.2) is 0 Å². The Morgan fingerprint density at radius 3 is 2.81 bits per heavy atom. The minimum atomic E-state index is 0.388. The number of benzene rings is 1. The first-order valence-corrected chi connectivity index (χ1v) is 5.82. The van der Waals surface area contributed by atoms with Gasteiger partial charge < -0.3 is 14.8 Å². The van der Waals surface area contributed by atoms with Gasteiger partial charge >= 0.3 is 0 Å². The van der Waals surface area contributed by atoms with E-state index in [-0.39, 0.29) is 0 Å². The third kappa shape index (κ3) is 3.22. The van der Waals surface area contributed by atoms with Gasteiger partial charge in [0, 0.05) is 25.9 Å². The average molecular weight is 221 g/mol. The summed E-state index contributed by atoms with van der Waals surface area (Å²) in [7, 11) is 1.71. The van der Waals surface area contributed by atoms with Crippen LogP contribution in [0.3, 0.4) is 0 Å². The quantitative estimate of drug-likeness (QED) is 0.828. The second-order valence-electron chi connectivity index (χ2n) is 4.15. The van der Waals surface area contributed by atoms with Crippen molar-refractivity contribution in [2.24, 2.45) is 0 Å². The Morgan fingerprint density at radius 1 is 1.38 bits per heavy atom. The molecule has 1 unspecified atom stereocenters. The summed E-state index contributed by atoms with van der Waals surface area (Å²) in [6, 6.07) is 8.34. The molecule has 0 radical (unpaired) electrons. The molecule has 0 amide bonds. The van der Waals surface area contributed by atoms with Gasteiger partial charge in [-0.3, -0.25) is 0 Å². The van der Waals surface area contributed by atoms with Crippen LogP contribution in [0, 0.1) is 0 Å². The zero-order valence-corrected chi connectivity index (χ0v) is 9.74. The van der Waals surface area contributed by atoms with Crippen LogP contribution in [0.2, 0.25) is 0 Å². The highest BCUT2D eigenvalue weighted by atomic mass is 16.5. The van der Waals surface area contributed by atoms with Crippen molar-refractivity contribution in [1.29, 1.82) is 0 Å². The van der Waals surface area contributed by atoms with Gasteiger partial charge in [-0.1, -0.05) is 12.1 Å². The monoisotopic (exact) mass is 221 g/mol. The molecule has 1 aromatic rings. The summed E-state index contributed by atoms with van der Waals surface area (Å²) in [6.07, 6.45) is 2.76. The molecule has 2 rings (SSSR count). The molecular weight excluding hydrogens is 202 g/mol. The number of ether oxygens (including phenoxy) is 2. The highest BCUT2D eigenvalue weighted by molar-refractivity contribution is 5.44. The summed E-state index contributed by atoms with van der Waals surface area (Å²) >= 11 is 0. The van der Waals surface area contributed by atoms with Crippen molar-refractivity contribution in [3.8, 4) is 0 Å². The van der Waals surface area contributed by atoms with Gasteiger partial charge in [0.05, 0.1) is 12.7 Å². The van der Waals surface area contributed by atoms with Crippen LogP contribution in [-0.2, 0) is 16.1 Å². The van der Waals surface area contributed by atoms with E-state index in [4.69, 9.17) is 9.47 Å². The van der Waals surface area contributed by atoms with Crippen LogP contribution in [0.5, 0.6) is 0 Å². The SMILES string of the molecule is COCc1ccc(NCC2CCCO2)cc1. The highest BCUT2D eigenvalue weighted by Crippen LogP contribution is 2.14. The van der Waals surface area contributed by atoms with Crippen LogP contribution in [0.15, 0.2) is 24.3 Å². The molecule has 0 saturated carbocycles. The van der Waals surface area contributed by atoms with E-state index in [1.54, 1.807) is 7.11 Å². The fourth-order valence-electron chi connectivity index (χ4n) is 1.92. The molecule has 0 bridgehead atoms. The van der Waals surface area contributed by atoms with Crippen LogP contribution in [0.1, 0.15) is 18.4 Å². The Labute approximate surface area is 96.8 Å². The second kappa shape index (κ2) is 5.87. The maximum Gasteiger partial charge on any atom is 0.0748 e. The molecule has 1 fully saturated rings. The lowest BCUT2D eigenvalue weighted by molar-refractivity contribution is 0.120. The van der Waals surface area contributed by atoms with Crippen molar-refractivity contribution >= 4 is 5.69 Å². The predicted octanol–water partition coefficient (Wildman–Crippen LogP) is 2.42. The van der Waals surface area contributed by atoms with Crippen molar-refractivity contribution in [3.63, 3.8) is 0 Å². The molecule has 0 spiro atoms. The number of hydrogen-bond donors (Lipinski definition) is 1. The molecular formula is C13H19NO2. The molecule has 16 heavy (non-hydrogen) atoms. The first kappa shape index (κ1) is 11.4.